The van der Waals surface area contributed by atoms with Crippen molar-refractivity contribution in [1.82, 2.24) is 0 Å². The lowest BCUT2D eigenvalue weighted by Crippen LogP contribution is -2.07. The quantitative estimate of drug-likeness (QED) is 0.600. The third kappa shape index (κ3) is 2.47. The number of hydrogen-bond acceptors (Lipinski definition) is 2. The first kappa shape index (κ1) is 12.9. The minimum absolute atomic E-state index is 0.0227. The van der Waals surface area contributed by atoms with E-state index in [1.807, 2.05) is 18.2 Å². The predicted molar refractivity (Wildman–Crippen MR) is 72.1 cm³/mol. The standard InChI is InChI=1S/C16H20O2/c1-16(2)13(14(16)15(17)18-3)11-7-10-12-8-5-4-6-9-12/h4-9,11,13-14H,10H2,1-3H3/b11-7-. The highest BCUT2D eigenvalue weighted by Gasteiger charge is 2.61. The Morgan fingerprint density at radius 2 is 2.00 bits per heavy atom. The zero-order valence-corrected chi connectivity index (χ0v) is 11.2. The van der Waals surface area contributed by atoms with Crippen LogP contribution in [0.2, 0.25) is 0 Å². The highest BCUT2D eigenvalue weighted by molar-refractivity contribution is 5.78. The second-order valence-corrected chi connectivity index (χ2v) is 5.47. The Kier molecular flexibility index (Phi) is 3.55. The molecule has 96 valence electrons. The van der Waals surface area contributed by atoms with E-state index >= 15 is 0 Å². The van der Waals surface area contributed by atoms with Gasteiger partial charge in [0.1, 0.15) is 0 Å². The van der Waals surface area contributed by atoms with Crippen molar-refractivity contribution < 1.29 is 9.53 Å². The molecule has 0 spiro atoms. The maximum atomic E-state index is 11.6. The summed E-state index contributed by atoms with van der Waals surface area (Å²) in [4.78, 5) is 11.6. The van der Waals surface area contributed by atoms with Crippen LogP contribution in [0.5, 0.6) is 0 Å². The molecule has 2 nitrogen and oxygen atoms in total. The Labute approximate surface area is 109 Å². The third-order valence-electron chi connectivity index (χ3n) is 3.91. The van der Waals surface area contributed by atoms with E-state index in [9.17, 15) is 4.79 Å². The van der Waals surface area contributed by atoms with Gasteiger partial charge in [0.25, 0.3) is 0 Å². The number of carbonyl (C=O) groups is 1. The van der Waals surface area contributed by atoms with E-state index in [0.29, 0.717) is 5.92 Å². The molecule has 0 saturated heterocycles. The maximum Gasteiger partial charge on any atom is 0.309 e. The highest BCUT2D eigenvalue weighted by atomic mass is 16.5. The fourth-order valence-electron chi connectivity index (χ4n) is 2.58. The van der Waals surface area contributed by atoms with Crippen molar-refractivity contribution >= 4 is 5.97 Å². The van der Waals surface area contributed by atoms with Gasteiger partial charge in [-0.1, -0.05) is 56.3 Å². The second-order valence-electron chi connectivity index (χ2n) is 5.47. The van der Waals surface area contributed by atoms with Gasteiger partial charge < -0.3 is 4.74 Å². The van der Waals surface area contributed by atoms with E-state index in [4.69, 9.17) is 4.74 Å². The van der Waals surface area contributed by atoms with Crippen molar-refractivity contribution in [2.24, 2.45) is 17.3 Å². The monoisotopic (exact) mass is 244 g/mol. The van der Waals surface area contributed by atoms with Crippen LogP contribution in [0.3, 0.4) is 0 Å². The molecule has 1 aliphatic rings. The molecule has 0 amide bonds. The van der Waals surface area contributed by atoms with Crippen molar-refractivity contribution in [3.63, 3.8) is 0 Å². The van der Waals surface area contributed by atoms with E-state index < -0.39 is 0 Å². The van der Waals surface area contributed by atoms with Crippen molar-refractivity contribution in [2.45, 2.75) is 20.3 Å². The largest absolute Gasteiger partial charge is 0.469 e. The number of rotatable bonds is 4. The lowest BCUT2D eigenvalue weighted by atomic mass is 10.1. The number of allylic oxidation sites excluding steroid dienone is 2. The molecule has 2 atom stereocenters. The molecule has 2 unspecified atom stereocenters. The Bertz CT molecular complexity index is 445. The Balaban J connectivity index is 1.93. The summed E-state index contributed by atoms with van der Waals surface area (Å²) in [5.41, 5.74) is 1.34. The number of carbonyl (C=O) groups excluding carboxylic acids is 1. The number of benzene rings is 1. The van der Waals surface area contributed by atoms with Gasteiger partial charge in [0, 0.05) is 0 Å². The molecular formula is C16H20O2. The number of hydrogen-bond donors (Lipinski definition) is 0. The molecule has 0 radical (unpaired) electrons. The lowest BCUT2D eigenvalue weighted by Gasteiger charge is -1.99. The van der Waals surface area contributed by atoms with Crippen molar-refractivity contribution in [2.75, 3.05) is 7.11 Å². The normalized spacial score (nSPS) is 25.1. The van der Waals surface area contributed by atoms with E-state index in [0.717, 1.165) is 6.42 Å². The van der Waals surface area contributed by atoms with E-state index in [1.165, 1.54) is 12.7 Å². The average Bonchev–Trinajstić information content (AvgIpc) is 2.92. The van der Waals surface area contributed by atoms with E-state index in [-0.39, 0.29) is 17.3 Å². The molecule has 0 aliphatic heterocycles. The third-order valence-corrected chi connectivity index (χ3v) is 3.91. The number of esters is 1. The molecule has 1 fully saturated rings. The molecule has 0 aromatic heterocycles. The first-order valence-electron chi connectivity index (χ1n) is 6.36. The smallest absolute Gasteiger partial charge is 0.309 e. The molecule has 1 aromatic rings. The fourth-order valence-corrected chi connectivity index (χ4v) is 2.58. The predicted octanol–water partition coefficient (Wildman–Crippen LogP) is 3.23. The maximum absolute atomic E-state index is 11.6. The van der Waals surface area contributed by atoms with E-state index in [2.05, 4.69) is 38.1 Å². The van der Waals surface area contributed by atoms with Gasteiger partial charge in [0.15, 0.2) is 0 Å². The average molecular weight is 244 g/mol. The Morgan fingerprint density at radius 1 is 1.33 bits per heavy atom. The van der Waals surface area contributed by atoms with Crippen LogP contribution >= 0.6 is 0 Å². The molecule has 0 N–H and O–H groups in total. The molecule has 2 rings (SSSR count). The molecule has 1 aromatic carbocycles. The van der Waals surface area contributed by atoms with Crippen LogP contribution in [-0.2, 0) is 16.0 Å². The summed E-state index contributed by atoms with van der Waals surface area (Å²) < 4.78 is 4.83. The summed E-state index contributed by atoms with van der Waals surface area (Å²) in [6.07, 6.45) is 5.24. The number of methoxy groups -OCH3 is 1. The van der Waals surface area contributed by atoms with Crippen molar-refractivity contribution in [3.8, 4) is 0 Å². The van der Waals surface area contributed by atoms with Crippen LogP contribution in [-0.4, -0.2) is 13.1 Å². The van der Waals surface area contributed by atoms with Gasteiger partial charge in [-0.15, -0.1) is 0 Å². The van der Waals surface area contributed by atoms with Crippen LogP contribution in [0.4, 0.5) is 0 Å². The molecular weight excluding hydrogens is 224 g/mol. The van der Waals surface area contributed by atoms with Gasteiger partial charge in [-0.2, -0.15) is 0 Å². The molecule has 2 heteroatoms. The molecule has 0 heterocycles. The van der Waals surface area contributed by atoms with Gasteiger partial charge in [-0.3, -0.25) is 4.79 Å². The lowest BCUT2D eigenvalue weighted by molar-refractivity contribution is -0.143. The minimum Gasteiger partial charge on any atom is -0.469 e. The topological polar surface area (TPSA) is 26.3 Å². The zero-order chi connectivity index (χ0) is 13.2. The fraction of sp³-hybridized carbons (Fsp3) is 0.438. The Hall–Kier alpha value is -1.57. The molecule has 1 saturated carbocycles. The van der Waals surface area contributed by atoms with E-state index in [1.54, 1.807) is 0 Å². The first-order valence-corrected chi connectivity index (χ1v) is 6.36. The van der Waals surface area contributed by atoms with Crippen LogP contribution in [0.1, 0.15) is 19.4 Å². The molecule has 1 aliphatic carbocycles. The van der Waals surface area contributed by atoms with Crippen LogP contribution in [0, 0.1) is 17.3 Å². The van der Waals surface area contributed by atoms with Gasteiger partial charge >= 0.3 is 5.97 Å². The SMILES string of the molecule is COC(=O)C1C(/C=C\Cc2ccccc2)C1(C)C. The summed E-state index contributed by atoms with van der Waals surface area (Å²) in [5.74, 6) is 0.248. The summed E-state index contributed by atoms with van der Waals surface area (Å²) in [6, 6.07) is 10.3. The summed E-state index contributed by atoms with van der Waals surface area (Å²) in [7, 11) is 1.46. The van der Waals surface area contributed by atoms with Gasteiger partial charge in [-0.05, 0) is 23.3 Å². The Morgan fingerprint density at radius 3 is 2.61 bits per heavy atom. The van der Waals surface area contributed by atoms with Crippen LogP contribution in [0.15, 0.2) is 42.5 Å². The van der Waals surface area contributed by atoms with Gasteiger partial charge in [0.2, 0.25) is 0 Å². The van der Waals surface area contributed by atoms with Crippen molar-refractivity contribution in [3.05, 3.63) is 48.0 Å². The van der Waals surface area contributed by atoms with Gasteiger partial charge in [-0.25, -0.2) is 0 Å². The zero-order valence-electron chi connectivity index (χ0n) is 11.2. The summed E-state index contributed by atoms with van der Waals surface area (Å²) >= 11 is 0. The second kappa shape index (κ2) is 4.97. The highest BCUT2D eigenvalue weighted by Crippen LogP contribution is 2.59. The van der Waals surface area contributed by atoms with Crippen molar-refractivity contribution in [1.29, 1.82) is 0 Å². The minimum atomic E-state index is -0.0886. The number of ether oxygens (including phenoxy) is 1. The summed E-state index contributed by atoms with van der Waals surface area (Å²) in [6.45, 7) is 4.23. The summed E-state index contributed by atoms with van der Waals surface area (Å²) in [5, 5.41) is 0. The van der Waals surface area contributed by atoms with Crippen LogP contribution < -0.4 is 0 Å². The van der Waals surface area contributed by atoms with Gasteiger partial charge in [0.05, 0.1) is 13.0 Å². The molecule has 18 heavy (non-hydrogen) atoms. The first-order chi connectivity index (χ1) is 8.57. The van der Waals surface area contributed by atoms with Crippen LogP contribution in [0.25, 0.3) is 0 Å². The molecule has 0 bridgehead atoms.